The van der Waals surface area contributed by atoms with Crippen LogP contribution in [0.15, 0.2) is 0 Å². The second-order valence-electron chi connectivity index (χ2n) is 0.201. The molecule has 3 nitrogen and oxygen atoms in total. The molecule has 0 radical (unpaired) electrons. The summed E-state index contributed by atoms with van der Waals surface area (Å²) in [5, 5.41) is 0. The van der Waals surface area contributed by atoms with Gasteiger partial charge in [-0.05, 0) is 4.20 Å². The second-order valence-corrected chi connectivity index (χ2v) is 1.04. The van der Waals surface area contributed by atoms with E-state index in [1.807, 2.05) is 0 Å². The minimum atomic E-state index is -3.40. The molecule has 32 valence electrons. The Hall–Kier alpha value is 1.70. The Kier molecular flexibility index (Phi) is 11.2. The van der Waals surface area contributed by atoms with Gasteiger partial charge in [0.15, 0.2) is 0 Å². The van der Waals surface area contributed by atoms with Gasteiger partial charge >= 0.3 is 14.8 Å². The van der Waals surface area contributed by atoms with Crippen LogP contribution < -0.4 is 8.40 Å². The van der Waals surface area contributed by atoms with Crippen LogP contribution in [0.5, 0.6) is 0 Å². The van der Waals surface area contributed by atoms with Crippen molar-refractivity contribution in [3.05, 3.63) is 0 Å². The zero-order chi connectivity index (χ0) is 3.58. The normalized spacial score (nSPS) is 7.20. The van der Waals surface area contributed by atoms with E-state index in [1.165, 1.54) is 0 Å². The molecule has 0 unspecified atom stereocenters. The van der Waals surface area contributed by atoms with Crippen LogP contribution in [-0.2, 0) is 0 Å². The molecule has 0 aliphatic rings. The predicted octanol–water partition coefficient (Wildman–Crippen LogP) is -2.94. The van der Waals surface area contributed by atoms with Gasteiger partial charge in [-0.3, -0.25) is 0 Å². The SMILES string of the molecule is [O-][Br+2]([O-])O.[Sm]. The van der Waals surface area contributed by atoms with Crippen LogP contribution in [0.25, 0.3) is 0 Å². The number of rotatable bonds is 0. The topological polar surface area (TPSA) is 66.3 Å². The third-order valence-corrected chi connectivity index (χ3v) is 0. The van der Waals surface area contributed by atoms with Gasteiger partial charge in [0.2, 0.25) is 0 Å². The van der Waals surface area contributed by atoms with Gasteiger partial charge in [0, 0.05) is 40.4 Å². The van der Waals surface area contributed by atoms with E-state index in [4.69, 9.17) is 12.6 Å². The monoisotopic (exact) mass is 280 g/mol. The van der Waals surface area contributed by atoms with Crippen LogP contribution >= 0.6 is 0 Å². The number of hydrogen-bond donors (Lipinski definition) is 1. The molecular formula is HBrO3Sm. The molecule has 0 aliphatic heterocycles. The smallest absolute Gasteiger partial charge is 0.372 e. The van der Waals surface area contributed by atoms with Gasteiger partial charge in [0.25, 0.3) is 0 Å². The summed E-state index contributed by atoms with van der Waals surface area (Å²) in [6.45, 7) is 0. The van der Waals surface area contributed by atoms with Crippen molar-refractivity contribution in [1.29, 1.82) is 0 Å². The van der Waals surface area contributed by atoms with E-state index in [0.717, 1.165) is 0 Å². The molecule has 5 heteroatoms. The van der Waals surface area contributed by atoms with E-state index in [9.17, 15) is 0 Å². The van der Waals surface area contributed by atoms with Gasteiger partial charge in [-0.15, -0.1) is 0 Å². The third kappa shape index (κ3) is 27.0. The molecule has 0 amide bonds. The summed E-state index contributed by atoms with van der Waals surface area (Å²) in [5.74, 6) is 0. The Bertz CT molecular complexity index is 11.6. The second kappa shape index (κ2) is 5.70. The van der Waals surface area contributed by atoms with Gasteiger partial charge in [0.1, 0.15) is 0 Å². The molecule has 0 rings (SSSR count). The summed E-state index contributed by atoms with van der Waals surface area (Å²) >= 11 is -3.40. The quantitative estimate of drug-likeness (QED) is 0.516. The molecule has 5 heavy (non-hydrogen) atoms. The molecular weight excluding hydrogens is 278 g/mol. The average Bonchev–Trinajstić information content (AvgIpc) is 0.811. The Balaban J connectivity index is 0. The fourth-order valence-corrected chi connectivity index (χ4v) is 0. The molecule has 0 saturated heterocycles. The first-order valence-corrected chi connectivity index (χ1v) is 2.48. The van der Waals surface area contributed by atoms with Gasteiger partial charge in [-0.25, -0.2) is 0 Å². The maximum Gasteiger partial charge on any atom is 0.433 e. The zero-order valence-corrected chi connectivity index (χ0v) is 6.26. The van der Waals surface area contributed by atoms with Gasteiger partial charge in [0.05, 0.1) is 0 Å². The number of hydrogen-bond acceptors (Lipinski definition) is 3. The van der Waals surface area contributed by atoms with Crippen LogP contribution in [0.1, 0.15) is 0 Å². The van der Waals surface area contributed by atoms with Crippen molar-refractivity contribution >= 4 is 0 Å². The molecule has 0 atom stereocenters. The molecule has 1 N–H and O–H groups in total. The van der Waals surface area contributed by atoms with Crippen molar-refractivity contribution in [2.24, 2.45) is 0 Å². The van der Waals surface area contributed by atoms with Gasteiger partial charge < -0.3 is 8.40 Å². The molecule has 0 heterocycles. The van der Waals surface area contributed by atoms with Crippen molar-refractivity contribution in [3.8, 4) is 0 Å². The summed E-state index contributed by atoms with van der Waals surface area (Å²) in [6, 6.07) is 0. The molecule has 0 aliphatic carbocycles. The van der Waals surface area contributed by atoms with Crippen molar-refractivity contribution in [3.63, 3.8) is 0 Å². The van der Waals surface area contributed by atoms with Crippen LogP contribution in [0.3, 0.4) is 0 Å². The Labute approximate surface area is 66.9 Å². The molecule has 0 saturated carbocycles. The molecule has 0 fully saturated rings. The van der Waals surface area contributed by atoms with Gasteiger partial charge in [-0.1, -0.05) is 0 Å². The van der Waals surface area contributed by atoms with Crippen LogP contribution in [0, 0.1) is 55.2 Å². The van der Waals surface area contributed by atoms with E-state index in [2.05, 4.69) is 0 Å². The van der Waals surface area contributed by atoms with Gasteiger partial charge in [-0.2, -0.15) is 0 Å². The Morgan fingerprint density at radius 2 is 1.40 bits per heavy atom. The van der Waals surface area contributed by atoms with Crippen LogP contribution in [-0.4, -0.2) is 4.20 Å². The first kappa shape index (κ1) is 9.85. The van der Waals surface area contributed by atoms with E-state index >= 15 is 0 Å². The van der Waals surface area contributed by atoms with Crippen molar-refractivity contribution in [2.75, 3.05) is 0 Å². The summed E-state index contributed by atoms with van der Waals surface area (Å²) in [7, 11) is 0. The fourth-order valence-electron chi connectivity index (χ4n) is 0. The van der Waals surface area contributed by atoms with Crippen molar-refractivity contribution in [1.82, 2.24) is 0 Å². The Morgan fingerprint density at radius 3 is 1.40 bits per heavy atom. The Morgan fingerprint density at radius 1 is 1.40 bits per heavy atom. The van der Waals surface area contributed by atoms with E-state index in [1.54, 1.807) is 0 Å². The van der Waals surface area contributed by atoms with E-state index in [0.29, 0.717) is 0 Å². The maximum atomic E-state index is 8.63. The molecule has 0 aromatic rings. The fraction of sp³-hybridized carbons (Fsp3) is 0. The summed E-state index contributed by atoms with van der Waals surface area (Å²) < 4.78 is 24.3. The molecule has 0 bridgehead atoms. The number of halogens is 1. The molecule has 0 aromatic heterocycles. The summed E-state index contributed by atoms with van der Waals surface area (Å²) in [4.78, 5) is 0. The standard InChI is InChI=1S/BrHO3.Sm/c2-1(3)4;/h2H;. The van der Waals surface area contributed by atoms with Crippen molar-refractivity contribution < 1.29 is 67.8 Å². The average molecular weight is 279 g/mol. The predicted molar refractivity (Wildman–Crippen MR) is 2.22 cm³/mol. The van der Waals surface area contributed by atoms with Crippen LogP contribution in [0.4, 0.5) is 0 Å². The first-order valence-electron chi connectivity index (χ1n) is 0.478. The molecule has 0 aromatic carbocycles. The summed E-state index contributed by atoms with van der Waals surface area (Å²) in [6.07, 6.45) is 0. The van der Waals surface area contributed by atoms with E-state index < -0.39 is 14.8 Å². The maximum absolute atomic E-state index is 8.63. The van der Waals surface area contributed by atoms with E-state index in [-0.39, 0.29) is 40.4 Å². The third-order valence-electron chi connectivity index (χ3n) is 0. The minimum Gasteiger partial charge on any atom is -0.372 e. The summed E-state index contributed by atoms with van der Waals surface area (Å²) in [5.41, 5.74) is 0. The zero-order valence-electron chi connectivity index (χ0n) is 2.05. The largest absolute Gasteiger partial charge is 0.433 e. The molecule has 0 spiro atoms. The minimum absolute atomic E-state index is 0. The first-order chi connectivity index (χ1) is 1.73. The van der Waals surface area contributed by atoms with Crippen molar-refractivity contribution in [2.45, 2.75) is 0 Å². The van der Waals surface area contributed by atoms with Crippen LogP contribution in [0.2, 0.25) is 0 Å².